The zero-order chi connectivity index (χ0) is 10.7. The van der Waals surface area contributed by atoms with Crippen LogP contribution >= 0.6 is 11.6 Å². The molecule has 2 nitrogen and oxygen atoms in total. The van der Waals surface area contributed by atoms with Gasteiger partial charge >= 0.3 is 0 Å². The van der Waals surface area contributed by atoms with Crippen molar-refractivity contribution in [1.82, 2.24) is 5.32 Å². The van der Waals surface area contributed by atoms with E-state index in [4.69, 9.17) is 11.6 Å². The molecule has 2 atom stereocenters. The topological polar surface area (TPSA) is 29.1 Å². The third-order valence-corrected chi connectivity index (χ3v) is 4.14. The number of alkyl halides is 1. The highest BCUT2D eigenvalue weighted by molar-refractivity contribution is 6.20. The molecular weight excluding hydrogens is 210 g/mol. The quantitative estimate of drug-likeness (QED) is 0.583. The Hall–Kier alpha value is -0.0800. The summed E-state index contributed by atoms with van der Waals surface area (Å²) in [4.78, 5) is 12.2. The van der Waals surface area contributed by atoms with Crippen molar-refractivity contribution in [3.05, 3.63) is 0 Å². The Morgan fingerprint density at radius 1 is 1.00 bits per heavy atom. The van der Waals surface area contributed by atoms with Gasteiger partial charge in [-0.2, -0.15) is 0 Å². The van der Waals surface area contributed by atoms with Gasteiger partial charge in [0, 0.05) is 18.4 Å². The van der Waals surface area contributed by atoms with E-state index in [1.807, 2.05) is 0 Å². The van der Waals surface area contributed by atoms with E-state index in [1.54, 1.807) is 0 Å². The second kappa shape index (κ2) is 5.31. The van der Waals surface area contributed by atoms with Gasteiger partial charge in [0.05, 0.1) is 5.50 Å². The molecule has 0 spiro atoms. The van der Waals surface area contributed by atoms with E-state index in [0.717, 1.165) is 32.2 Å². The number of hydrogen-bond donors (Lipinski definition) is 1. The fourth-order valence-corrected chi connectivity index (χ4v) is 3.00. The van der Waals surface area contributed by atoms with Gasteiger partial charge in [0.15, 0.2) is 0 Å². The number of carbonyl (C=O) groups excluding carboxylic acids is 1. The Morgan fingerprint density at radius 2 is 1.73 bits per heavy atom. The third-order valence-electron chi connectivity index (χ3n) is 3.76. The van der Waals surface area contributed by atoms with Gasteiger partial charge in [0.25, 0.3) is 0 Å². The Morgan fingerprint density at radius 3 is 2.33 bits per heavy atom. The van der Waals surface area contributed by atoms with E-state index in [1.165, 1.54) is 19.3 Å². The molecule has 15 heavy (non-hydrogen) atoms. The van der Waals surface area contributed by atoms with Crippen molar-refractivity contribution in [2.45, 2.75) is 50.4 Å². The van der Waals surface area contributed by atoms with Crippen molar-refractivity contribution in [3.63, 3.8) is 0 Å². The maximum atomic E-state index is 12.2. The van der Waals surface area contributed by atoms with Crippen LogP contribution in [0.2, 0.25) is 0 Å². The molecule has 2 rings (SSSR count). The lowest BCUT2D eigenvalue weighted by atomic mass is 9.79. The summed E-state index contributed by atoms with van der Waals surface area (Å²) in [6.07, 6.45) is 7.97. The zero-order valence-corrected chi connectivity index (χ0v) is 9.93. The van der Waals surface area contributed by atoms with E-state index < -0.39 is 0 Å². The molecule has 0 aromatic carbocycles. The number of piperidine rings is 1. The number of rotatable bonds is 2. The van der Waals surface area contributed by atoms with E-state index in [-0.39, 0.29) is 11.4 Å². The largest absolute Gasteiger partial charge is 0.301 e. The van der Waals surface area contributed by atoms with Crippen molar-refractivity contribution in [2.24, 2.45) is 11.8 Å². The normalized spacial score (nSPS) is 33.9. The summed E-state index contributed by atoms with van der Waals surface area (Å²) in [6, 6.07) is 0. The van der Waals surface area contributed by atoms with E-state index in [0.29, 0.717) is 11.7 Å². The molecule has 1 saturated carbocycles. The molecule has 0 aromatic rings. The van der Waals surface area contributed by atoms with Crippen LogP contribution in [-0.2, 0) is 4.79 Å². The van der Waals surface area contributed by atoms with Crippen LogP contribution < -0.4 is 5.32 Å². The van der Waals surface area contributed by atoms with E-state index >= 15 is 0 Å². The van der Waals surface area contributed by atoms with Crippen molar-refractivity contribution in [1.29, 1.82) is 0 Å². The standard InChI is InChI=1S/C12H20ClNO/c13-11-7-6-10(8-14-11)12(15)9-4-2-1-3-5-9/h9-11,14H,1-8H2. The van der Waals surface area contributed by atoms with Crippen LogP contribution in [0, 0.1) is 11.8 Å². The fraction of sp³-hybridized carbons (Fsp3) is 0.917. The average molecular weight is 230 g/mol. The average Bonchev–Trinajstić information content (AvgIpc) is 2.30. The molecule has 1 aliphatic heterocycles. The van der Waals surface area contributed by atoms with Gasteiger partial charge < -0.3 is 5.32 Å². The van der Waals surface area contributed by atoms with Crippen molar-refractivity contribution in [2.75, 3.05) is 6.54 Å². The van der Waals surface area contributed by atoms with Crippen LogP contribution in [0.4, 0.5) is 0 Å². The van der Waals surface area contributed by atoms with Gasteiger partial charge in [-0.3, -0.25) is 4.79 Å². The SMILES string of the molecule is O=C(C1CCCCC1)C1CCC(Cl)NC1. The lowest BCUT2D eigenvalue weighted by molar-refractivity contribution is -0.128. The number of hydrogen-bond acceptors (Lipinski definition) is 2. The monoisotopic (exact) mass is 229 g/mol. The molecule has 3 heteroatoms. The minimum absolute atomic E-state index is 0.0837. The van der Waals surface area contributed by atoms with Gasteiger partial charge in [-0.25, -0.2) is 0 Å². The minimum Gasteiger partial charge on any atom is -0.301 e. The smallest absolute Gasteiger partial charge is 0.140 e. The predicted octanol–water partition coefficient (Wildman–Crippen LogP) is 2.70. The Balaban J connectivity index is 1.84. The van der Waals surface area contributed by atoms with E-state index in [9.17, 15) is 4.79 Å². The zero-order valence-electron chi connectivity index (χ0n) is 9.18. The van der Waals surface area contributed by atoms with Gasteiger partial charge in [0.2, 0.25) is 0 Å². The molecule has 86 valence electrons. The second-order valence-corrected chi connectivity index (χ2v) is 5.41. The Bertz CT molecular complexity index is 218. The molecule has 1 saturated heterocycles. The maximum absolute atomic E-state index is 12.2. The van der Waals surface area contributed by atoms with Gasteiger partial charge in [-0.15, -0.1) is 11.6 Å². The molecule has 0 bridgehead atoms. The first-order valence-corrected chi connectivity index (χ1v) is 6.62. The molecule has 1 N–H and O–H groups in total. The second-order valence-electron chi connectivity index (χ2n) is 4.89. The number of carbonyl (C=O) groups is 1. The van der Waals surface area contributed by atoms with Crippen LogP contribution in [-0.4, -0.2) is 17.8 Å². The summed E-state index contributed by atoms with van der Waals surface area (Å²) >= 11 is 5.95. The molecule has 0 amide bonds. The molecule has 1 aliphatic carbocycles. The summed E-state index contributed by atoms with van der Waals surface area (Å²) in [5.74, 6) is 1.10. The van der Waals surface area contributed by atoms with E-state index in [2.05, 4.69) is 5.32 Å². The first-order chi connectivity index (χ1) is 7.27. The first kappa shape index (κ1) is 11.4. The van der Waals surface area contributed by atoms with Crippen molar-refractivity contribution >= 4 is 17.4 Å². The van der Waals surface area contributed by atoms with Crippen molar-refractivity contribution in [3.8, 4) is 0 Å². The highest BCUT2D eigenvalue weighted by atomic mass is 35.5. The number of nitrogens with one attached hydrogen (secondary N) is 1. The molecule has 0 aromatic heterocycles. The first-order valence-electron chi connectivity index (χ1n) is 6.18. The molecule has 2 unspecified atom stereocenters. The van der Waals surface area contributed by atoms with Crippen molar-refractivity contribution < 1.29 is 4.79 Å². The number of halogens is 1. The Kier molecular flexibility index (Phi) is 4.04. The molecule has 2 aliphatic rings. The predicted molar refractivity (Wildman–Crippen MR) is 61.9 cm³/mol. The van der Waals surface area contributed by atoms with Gasteiger partial charge in [-0.05, 0) is 25.7 Å². The summed E-state index contributed by atoms with van der Waals surface area (Å²) < 4.78 is 0. The molecule has 1 heterocycles. The van der Waals surface area contributed by atoms with Gasteiger partial charge in [-0.1, -0.05) is 19.3 Å². The molecule has 2 fully saturated rings. The van der Waals surface area contributed by atoms with Crippen LogP contribution in [0.15, 0.2) is 0 Å². The van der Waals surface area contributed by atoms with Gasteiger partial charge in [0.1, 0.15) is 5.78 Å². The lowest BCUT2D eigenvalue weighted by Crippen LogP contribution is -2.41. The summed E-state index contributed by atoms with van der Waals surface area (Å²) in [5, 5.41) is 3.20. The molecule has 0 radical (unpaired) electrons. The highest BCUT2D eigenvalue weighted by Gasteiger charge is 2.30. The molecular formula is C12H20ClNO. The Labute approximate surface area is 96.8 Å². The van der Waals surface area contributed by atoms with Crippen LogP contribution in [0.3, 0.4) is 0 Å². The minimum atomic E-state index is 0.0837. The summed E-state index contributed by atoms with van der Waals surface area (Å²) in [7, 11) is 0. The maximum Gasteiger partial charge on any atom is 0.140 e. The van der Waals surface area contributed by atoms with Crippen LogP contribution in [0.5, 0.6) is 0 Å². The third kappa shape index (κ3) is 2.94. The number of ketones is 1. The van der Waals surface area contributed by atoms with Crippen LogP contribution in [0.25, 0.3) is 0 Å². The van der Waals surface area contributed by atoms with Crippen LogP contribution in [0.1, 0.15) is 44.9 Å². The summed E-state index contributed by atoms with van der Waals surface area (Å²) in [5.41, 5.74) is 0.0837. The summed E-state index contributed by atoms with van der Waals surface area (Å²) in [6.45, 7) is 0.795. The highest BCUT2D eigenvalue weighted by Crippen LogP contribution is 2.29. The number of Topliss-reactive ketones (excluding diaryl/α,β-unsaturated/α-hetero) is 1. The lowest BCUT2D eigenvalue weighted by Gasteiger charge is -2.29. The fourth-order valence-electron chi connectivity index (χ4n) is 2.79.